The van der Waals surface area contributed by atoms with Crippen molar-refractivity contribution in [3.8, 4) is 0 Å². The van der Waals surface area contributed by atoms with Crippen LogP contribution in [-0.2, 0) is 4.79 Å². The van der Waals surface area contributed by atoms with Crippen molar-refractivity contribution in [2.75, 3.05) is 13.1 Å². The van der Waals surface area contributed by atoms with E-state index in [9.17, 15) is 4.79 Å². The first kappa shape index (κ1) is 9.30. The fourth-order valence-corrected chi connectivity index (χ4v) is 1.59. The summed E-state index contributed by atoms with van der Waals surface area (Å²) in [6, 6.07) is 0. The summed E-state index contributed by atoms with van der Waals surface area (Å²) in [6.45, 7) is 9.73. The van der Waals surface area contributed by atoms with Gasteiger partial charge in [-0.1, -0.05) is 20.4 Å². The van der Waals surface area contributed by atoms with E-state index in [0.717, 1.165) is 25.4 Å². The number of carbonyl (C=O) groups excluding carboxylic acids is 1. The minimum Gasteiger partial charge on any atom is -0.339 e. The molecule has 0 aromatic rings. The molecule has 0 N–H and O–H groups in total. The first-order chi connectivity index (χ1) is 5.65. The van der Waals surface area contributed by atoms with Gasteiger partial charge < -0.3 is 4.90 Å². The van der Waals surface area contributed by atoms with Crippen LogP contribution in [0.2, 0.25) is 0 Å². The van der Waals surface area contributed by atoms with Crippen molar-refractivity contribution in [1.82, 2.24) is 4.90 Å². The molecule has 1 rings (SSSR count). The second-order valence-corrected chi connectivity index (χ2v) is 3.73. The monoisotopic (exact) mass is 167 g/mol. The Balaban J connectivity index is 2.50. The maximum absolute atomic E-state index is 11.2. The third-order valence-corrected chi connectivity index (χ3v) is 2.82. The van der Waals surface area contributed by atoms with Crippen LogP contribution >= 0.6 is 0 Å². The van der Waals surface area contributed by atoms with E-state index in [1.54, 1.807) is 0 Å². The number of hydrogen-bond acceptors (Lipinski definition) is 1. The Bertz CT molecular complexity index is 188. The van der Waals surface area contributed by atoms with E-state index in [-0.39, 0.29) is 5.91 Å². The second-order valence-electron chi connectivity index (χ2n) is 3.73. The molecule has 1 heterocycles. The third kappa shape index (κ3) is 1.87. The van der Waals surface area contributed by atoms with Crippen LogP contribution in [0.3, 0.4) is 0 Å². The van der Waals surface area contributed by atoms with E-state index >= 15 is 0 Å². The average molecular weight is 167 g/mol. The molecule has 0 spiro atoms. The van der Waals surface area contributed by atoms with Crippen molar-refractivity contribution < 1.29 is 4.79 Å². The van der Waals surface area contributed by atoms with Gasteiger partial charge in [-0.05, 0) is 24.3 Å². The molecule has 0 aliphatic carbocycles. The highest BCUT2D eigenvalue weighted by atomic mass is 16.2. The zero-order valence-corrected chi connectivity index (χ0v) is 7.92. The maximum Gasteiger partial charge on any atom is 0.245 e. The Morgan fingerprint density at radius 1 is 1.50 bits per heavy atom. The maximum atomic E-state index is 11.2. The van der Waals surface area contributed by atoms with Gasteiger partial charge in [0.05, 0.1) is 0 Å². The van der Waals surface area contributed by atoms with Gasteiger partial charge in [-0.3, -0.25) is 4.79 Å². The third-order valence-electron chi connectivity index (χ3n) is 2.82. The molecule has 1 saturated heterocycles. The molecule has 2 unspecified atom stereocenters. The Hall–Kier alpha value is -0.790. The molecule has 1 amide bonds. The van der Waals surface area contributed by atoms with E-state index in [2.05, 4.69) is 20.4 Å². The fourth-order valence-electron chi connectivity index (χ4n) is 1.59. The molecule has 0 radical (unpaired) electrons. The largest absolute Gasteiger partial charge is 0.339 e. The molecule has 1 fully saturated rings. The van der Waals surface area contributed by atoms with Crippen molar-refractivity contribution in [2.24, 2.45) is 11.8 Å². The van der Waals surface area contributed by atoms with Crippen LogP contribution in [-0.4, -0.2) is 23.9 Å². The van der Waals surface area contributed by atoms with Crippen LogP contribution in [0.15, 0.2) is 12.7 Å². The lowest BCUT2D eigenvalue weighted by Crippen LogP contribution is -2.41. The molecule has 12 heavy (non-hydrogen) atoms. The molecule has 2 atom stereocenters. The quantitative estimate of drug-likeness (QED) is 0.544. The number of rotatable bonds is 1. The molecule has 0 saturated carbocycles. The Morgan fingerprint density at radius 2 is 2.17 bits per heavy atom. The standard InChI is InChI=1S/C10H17NO/c1-4-10(12)11-6-5-8(2)9(3)7-11/h4,8-9H,1,5-7H2,2-3H3. The summed E-state index contributed by atoms with van der Waals surface area (Å²) >= 11 is 0. The van der Waals surface area contributed by atoms with E-state index in [0.29, 0.717) is 5.92 Å². The molecule has 1 aliphatic rings. The number of hydrogen-bond donors (Lipinski definition) is 0. The van der Waals surface area contributed by atoms with Crippen molar-refractivity contribution in [1.29, 1.82) is 0 Å². The van der Waals surface area contributed by atoms with Crippen molar-refractivity contribution in [3.63, 3.8) is 0 Å². The Labute approximate surface area is 74.2 Å². The molecule has 0 aromatic heterocycles. The molecule has 1 aliphatic heterocycles. The lowest BCUT2D eigenvalue weighted by atomic mass is 9.89. The Kier molecular flexibility index (Phi) is 2.90. The van der Waals surface area contributed by atoms with Gasteiger partial charge in [0.25, 0.3) is 0 Å². The summed E-state index contributed by atoms with van der Waals surface area (Å²) in [5.41, 5.74) is 0. The van der Waals surface area contributed by atoms with Crippen LogP contribution in [0.5, 0.6) is 0 Å². The van der Waals surface area contributed by atoms with Gasteiger partial charge in [0.15, 0.2) is 0 Å². The van der Waals surface area contributed by atoms with E-state index < -0.39 is 0 Å². The van der Waals surface area contributed by atoms with Crippen molar-refractivity contribution >= 4 is 5.91 Å². The minimum atomic E-state index is 0.0775. The topological polar surface area (TPSA) is 20.3 Å². The number of likely N-dealkylation sites (tertiary alicyclic amines) is 1. The normalized spacial score (nSPS) is 30.0. The van der Waals surface area contributed by atoms with Gasteiger partial charge in [-0.25, -0.2) is 0 Å². The summed E-state index contributed by atoms with van der Waals surface area (Å²) in [5.74, 6) is 1.45. The first-order valence-electron chi connectivity index (χ1n) is 4.56. The number of piperidine rings is 1. The smallest absolute Gasteiger partial charge is 0.245 e. The zero-order chi connectivity index (χ0) is 9.14. The summed E-state index contributed by atoms with van der Waals surface area (Å²) in [4.78, 5) is 13.1. The van der Waals surface area contributed by atoms with E-state index in [4.69, 9.17) is 0 Å². The summed E-state index contributed by atoms with van der Waals surface area (Å²) in [5, 5.41) is 0. The number of carbonyl (C=O) groups is 1. The van der Waals surface area contributed by atoms with Gasteiger partial charge in [0.2, 0.25) is 5.91 Å². The molecule has 0 bridgehead atoms. The second kappa shape index (κ2) is 3.74. The molecular formula is C10H17NO. The molecular weight excluding hydrogens is 150 g/mol. The summed E-state index contributed by atoms with van der Waals surface area (Å²) < 4.78 is 0. The van der Waals surface area contributed by atoms with Gasteiger partial charge >= 0.3 is 0 Å². The van der Waals surface area contributed by atoms with Crippen LogP contribution in [0.25, 0.3) is 0 Å². The first-order valence-corrected chi connectivity index (χ1v) is 4.56. The van der Waals surface area contributed by atoms with Gasteiger partial charge in [-0.2, -0.15) is 0 Å². The van der Waals surface area contributed by atoms with Crippen molar-refractivity contribution in [3.05, 3.63) is 12.7 Å². The molecule has 68 valence electrons. The van der Waals surface area contributed by atoms with Gasteiger partial charge in [0.1, 0.15) is 0 Å². The van der Waals surface area contributed by atoms with Gasteiger partial charge in [0, 0.05) is 13.1 Å². The van der Waals surface area contributed by atoms with E-state index in [1.165, 1.54) is 6.08 Å². The highest BCUT2D eigenvalue weighted by Crippen LogP contribution is 2.22. The zero-order valence-electron chi connectivity index (χ0n) is 7.92. The molecule has 2 heteroatoms. The highest BCUT2D eigenvalue weighted by Gasteiger charge is 2.24. The van der Waals surface area contributed by atoms with Crippen LogP contribution in [0, 0.1) is 11.8 Å². The lowest BCUT2D eigenvalue weighted by Gasteiger charge is -2.34. The van der Waals surface area contributed by atoms with Crippen LogP contribution < -0.4 is 0 Å². The predicted octanol–water partition coefficient (Wildman–Crippen LogP) is 1.68. The predicted molar refractivity (Wildman–Crippen MR) is 49.7 cm³/mol. The Morgan fingerprint density at radius 3 is 2.67 bits per heavy atom. The fraction of sp³-hybridized carbons (Fsp3) is 0.700. The highest BCUT2D eigenvalue weighted by molar-refractivity contribution is 5.87. The van der Waals surface area contributed by atoms with Crippen LogP contribution in [0.4, 0.5) is 0 Å². The molecule has 0 aromatic carbocycles. The minimum absolute atomic E-state index is 0.0775. The SMILES string of the molecule is C=CC(=O)N1CCC(C)C(C)C1. The number of amides is 1. The van der Waals surface area contributed by atoms with Crippen molar-refractivity contribution in [2.45, 2.75) is 20.3 Å². The summed E-state index contributed by atoms with van der Waals surface area (Å²) in [6.07, 6.45) is 2.53. The van der Waals surface area contributed by atoms with Crippen LogP contribution in [0.1, 0.15) is 20.3 Å². The van der Waals surface area contributed by atoms with E-state index in [1.807, 2.05) is 4.90 Å². The number of nitrogens with zero attached hydrogens (tertiary/aromatic N) is 1. The summed E-state index contributed by atoms with van der Waals surface area (Å²) in [7, 11) is 0. The molecule has 2 nitrogen and oxygen atoms in total. The van der Waals surface area contributed by atoms with Gasteiger partial charge in [-0.15, -0.1) is 0 Å². The average Bonchev–Trinajstić information content (AvgIpc) is 2.08. The lowest BCUT2D eigenvalue weighted by molar-refractivity contribution is -0.128.